The number of hydrogen-bond donors (Lipinski definition) is 2. The van der Waals surface area contributed by atoms with Gasteiger partial charge in [0, 0.05) is 18.9 Å². The number of aliphatic carboxylic acids is 1. The van der Waals surface area contributed by atoms with E-state index in [2.05, 4.69) is 13.8 Å². The molecule has 0 aromatic carbocycles. The number of likely N-dealkylation sites (tertiary alicyclic amines) is 1. The fourth-order valence-corrected chi connectivity index (χ4v) is 3.28. The van der Waals surface area contributed by atoms with Gasteiger partial charge in [-0.15, -0.1) is 0 Å². The molecule has 2 fully saturated rings. The zero-order valence-electron chi connectivity index (χ0n) is 10.9. The van der Waals surface area contributed by atoms with Crippen LogP contribution in [0.3, 0.4) is 0 Å². The largest absolute Gasteiger partial charge is 0.480 e. The Morgan fingerprint density at radius 1 is 1.33 bits per heavy atom. The van der Waals surface area contributed by atoms with Gasteiger partial charge >= 0.3 is 5.97 Å². The van der Waals surface area contributed by atoms with Crippen LogP contribution in [-0.2, 0) is 9.59 Å². The number of rotatable bonds is 2. The number of nitrogens with zero attached hydrogens (tertiary/aromatic N) is 1. The molecule has 2 aliphatic rings. The van der Waals surface area contributed by atoms with Crippen LogP contribution in [0, 0.1) is 11.3 Å². The van der Waals surface area contributed by atoms with Crippen molar-refractivity contribution >= 4 is 11.9 Å². The molecule has 0 spiro atoms. The highest BCUT2D eigenvalue weighted by atomic mass is 16.4. The van der Waals surface area contributed by atoms with E-state index in [0.717, 1.165) is 19.3 Å². The van der Waals surface area contributed by atoms with Gasteiger partial charge in [0.05, 0.1) is 6.10 Å². The number of hydrogen-bond acceptors (Lipinski definition) is 3. The SMILES string of the molecule is CC1(C)CCCC1C(=O)N1CC(O)C[C@H]1C(=O)O. The van der Waals surface area contributed by atoms with E-state index in [1.165, 1.54) is 4.90 Å². The second kappa shape index (κ2) is 4.53. The molecule has 3 atom stereocenters. The summed E-state index contributed by atoms with van der Waals surface area (Å²) in [4.78, 5) is 25.0. The molecule has 1 aliphatic carbocycles. The minimum Gasteiger partial charge on any atom is -0.480 e. The van der Waals surface area contributed by atoms with Crippen LogP contribution in [-0.4, -0.2) is 45.7 Å². The van der Waals surface area contributed by atoms with Gasteiger partial charge in [-0.1, -0.05) is 20.3 Å². The monoisotopic (exact) mass is 255 g/mol. The highest BCUT2D eigenvalue weighted by Gasteiger charge is 2.46. The molecule has 1 saturated carbocycles. The molecule has 0 aromatic rings. The van der Waals surface area contributed by atoms with E-state index in [1.54, 1.807) is 0 Å². The van der Waals surface area contributed by atoms with Crippen molar-refractivity contribution in [2.45, 2.75) is 51.7 Å². The van der Waals surface area contributed by atoms with Crippen molar-refractivity contribution in [2.75, 3.05) is 6.54 Å². The van der Waals surface area contributed by atoms with Gasteiger partial charge in [0.25, 0.3) is 0 Å². The van der Waals surface area contributed by atoms with Crippen molar-refractivity contribution in [3.8, 4) is 0 Å². The first-order valence-electron chi connectivity index (χ1n) is 6.54. The number of amides is 1. The predicted molar refractivity (Wildman–Crippen MR) is 64.9 cm³/mol. The molecule has 1 heterocycles. The van der Waals surface area contributed by atoms with Crippen LogP contribution in [0.1, 0.15) is 39.5 Å². The van der Waals surface area contributed by atoms with Crippen LogP contribution in [0.5, 0.6) is 0 Å². The molecule has 1 aliphatic heterocycles. The number of carbonyl (C=O) groups excluding carboxylic acids is 1. The van der Waals surface area contributed by atoms with Crippen LogP contribution >= 0.6 is 0 Å². The first-order chi connectivity index (χ1) is 8.33. The van der Waals surface area contributed by atoms with Crippen LogP contribution in [0.2, 0.25) is 0 Å². The fourth-order valence-electron chi connectivity index (χ4n) is 3.28. The molecule has 18 heavy (non-hydrogen) atoms. The second-order valence-electron chi connectivity index (χ2n) is 6.17. The lowest BCUT2D eigenvalue weighted by Crippen LogP contribution is -2.45. The summed E-state index contributed by atoms with van der Waals surface area (Å²) in [6.07, 6.45) is 2.27. The van der Waals surface area contributed by atoms with E-state index in [-0.39, 0.29) is 30.2 Å². The lowest BCUT2D eigenvalue weighted by atomic mass is 9.81. The summed E-state index contributed by atoms with van der Waals surface area (Å²) in [6.45, 7) is 4.28. The van der Waals surface area contributed by atoms with Gasteiger partial charge in [0.2, 0.25) is 5.91 Å². The summed E-state index contributed by atoms with van der Waals surface area (Å²) in [5, 5.41) is 18.7. The summed E-state index contributed by atoms with van der Waals surface area (Å²) >= 11 is 0. The molecule has 0 aromatic heterocycles. The number of carboxylic acid groups (broad SMARTS) is 1. The normalized spacial score (nSPS) is 34.8. The Morgan fingerprint density at radius 3 is 2.50 bits per heavy atom. The van der Waals surface area contributed by atoms with Gasteiger partial charge in [-0.3, -0.25) is 4.79 Å². The molecule has 2 rings (SSSR count). The van der Waals surface area contributed by atoms with E-state index < -0.39 is 18.1 Å². The first-order valence-corrected chi connectivity index (χ1v) is 6.54. The maximum absolute atomic E-state index is 12.5. The number of carbonyl (C=O) groups is 2. The minimum absolute atomic E-state index is 0.0618. The molecule has 0 radical (unpaired) electrons. The molecule has 5 heteroatoms. The number of aliphatic hydroxyl groups is 1. The minimum atomic E-state index is -1.02. The molecule has 5 nitrogen and oxygen atoms in total. The predicted octanol–water partition coefficient (Wildman–Crippen LogP) is 0.859. The van der Waals surface area contributed by atoms with Crippen molar-refractivity contribution in [3.63, 3.8) is 0 Å². The first kappa shape index (κ1) is 13.3. The average molecular weight is 255 g/mol. The van der Waals surface area contributed by atoms with Crippen LogP contribution in [0.4, 0.5) is 0 Å². The lowest BCUT2D eigenvalue weighted by Gasteiger charge is -2.31. The lowest BCUT2D eigenvalue weighted by molar-refractivity contribution is -0.151. The molecule has 2 unspecified atom stereocenters. The molecule has 1 amide bonds. The van der Waals surface area contributed by atoms with Crippen molar-refractivity contribution in [1.82, 2.24) is 4.90 Å². The zero-order chi connectivity index (χ0) is 13.5. The molecule has 0 bridgehead atoms. The van der Waals surface area contributed by atoms with Gasteiger partial charge < -0.3 is 15.1 Å². The maximum atomic E-state index is 12.5. The summed E-state index contributed by atoms with van der Waals surface area (Å²) < 4.78 is 0. The zero-order valence-corrected chi connectivity index (χ0v) is 10.9. The summed E-state index contributed by atoms with van der Waals surface area (Å²) in [5.41, 5.74) is -0.0618. The third-order valence-electron chi connectivity index (χ3n) is 4.40. The summed E-state index contributed by atoms with van der Waals surface area (Å²) in [5.74, 6) is -1.22. The summed E-state index contributed by atoms with van der Waals surface area (Å²) in [7, 11) is 0. The summed E-state index contributed by atoms with van der Waals surface area (Å²) in [6, 6.07) is -0.858. The molecule has 1 saturated heterocycles. The molecule has 102 valence electrons. The number of aliphatic hydroxyl groups excluding tert-OH is 1. The molecular weight excluding hydrogens is 234 g/mol. The van der Waals surface area contributed by atoms with E-state index in [1.807, 2.05) is 0 Å². The quantitative estimate of drug-likeness (QED) is 0.767. The Morgan fingerprint density at radius 2 is 2.00 bits per heavy atom. The van der Waals surface area contributed by atoms with Gasteiger partial charge in [-0.25, -0.2) is 4.79 Å². The van der Waals surface area contributed by atoms with Crippen LogP contribution in [0.15, 0.2) is 0 Å². The van der Waals surface area contributed by atoms with E-state index in [4.69, 9.17) is 5.11 Å². The maximum Gasteiger partial charge on any atom is 0.326 e. The van der Waals surface area contributed by atoms with Crippen LogP contribution < -0.4 is 0 Å². The Balaban J connectivity index is 2.15. The van der Waals surface area contributed by atoms with E-state index in [9.17, 15) is 14.7 Å². The van der Waals surface area contributed by atoms with Crippen molar-refractivity contribution in [3.05, 3.63) is 0 Å². The third kappa shape index (κ3) is 2.23. The van der Waals surface area contributed by atoms with E-state index >= 15 is 0 Å². The van der Waals surface area contributed by atoms with Gasteiger partial charge in [-0.2, -0.15) is 0 Å². The van der Waals surface area contributed by atoms with Crippen molar-refractivity contribution in [2.24, 2.45) is 11.3 Å². The van der Waals surface area contributed by atoms with Gasteiger partial charge in [0.15, 0.2) is 0 Å². The Bertz CT molecular complexity index is 366. The highest BCUT2D eigenvalue weighted by Crippen LogP contribution is 2.44. The van der Waals surface area contributed by atoms with Crippen molar-refractivity contribution < 1.29 is 19.8 Å². The topological polar surface area (TPSA) is 77.8 Å². The van der Waals surface area contributed by atoms with Crippen molar-refractivity contribution in [1.29, 1.82) is 0 Å². The number of β-amino-alcohol motifs (C(OH)–C–C–N with tert-alkyl or cyclic N) is 1. The van der Waals surface area contributed by atoms with E-state index in [0.29, 0.717) is 0 Å². The molecule has 2 N–H and O–H groups in total. The average Bonchev–Trinajstić information content (AvgIpc) is 2.80. The fraction of sp³-hybridized carbons (Fsp3) is 0.846. The smallest absolute Gasteiger partial charge is 0.326 e. The van der Waals surface area contributed by atoms with Gasteiger partial charge in [0.1, 0.15) is 6.04 Å². The second-order valence-corrected chi connectivity index (χ2v) is 6.17. The molecular formula is C13H21NO4. The number of carboxylic acids is 1. The van der Waals surface area contributed by atoms with Crippen LogP contribution in [0.25, 0.3) is 0 Å². The highest BCUT2D eigenvalue weighted by molar-refractivity contribution is 5.86. The van der Waals surface area contributed by atoms with Gasteiger partial charge in [-0.05, 0) is 18.3 Å². The standard InChI is InChI=1S/C13H21NO4/c1-13(2)5-3-4-9(13)11(16)14-7-8(15)6-10(14)12(17)18/h8-10,15H,3-7H2,1-2H3,(H,17,18)/t8?,9?,10-/m0/s1. The Labute approximate surface area is 107 Å². The Kier molecular flexibility index (Phi) is 3.36. The third-order valence-corrected chi connectivity index (χ3v) is 4.40. The Hall–Kier alpha value is -1.10.